The van der Waals surface area contributed by atoms with Crippen LogP contribution in [0, 0.1) is 0 Å². The summed E-state index contributed by atoms with van der Waals surface area (Å²) in [5.41, 5.74) is 2.58. The zero-order chi connectivity index (χ0) is 13.4. The molecule has 1 aromatic carbocycles. The Morgan fingerprint density at radius 3 is 2.68 bits per heavy atom. The molecule has 0 bridgehead atoms. The van der Waals surface area contributed by atoms with E-state index in [2.05, 4.69) is 17.0 Å². The molecule has 1 N–H and O–H groups in total. The molecule has 1 aromatic heterocycles. The third-order valence-corrected chi connectivity index (χ3v) is 3.93. The predicted octanol–water partition coefficient (Wildman–Crippen LogP) is 2.47. The summed E-state index contributed by atoms with van der Waals surface area (Å²) in [5.74, 6) is -0.875. The van der Waals surface area contributed by atoms with Crippen LogP contribution in [-0.4, -0.2) is 33.6 Å². The molecular formula is C15H18N2O2. The molecule has 0 unspecified atom stereocenters. The maximum Gasteiger partial charge on any atom is 0.352 e. The Morgan fingerprint density at radius 2 is 2.00 bits per heavy atom. The van der Waals surface area contributed by atoms with Crippen molar-refractivity contribution < 1.29 is 9.90 Å². The number of nitrogens with zero attached hydrogens (tertiary/aromatic N) is 2. The molecule has 1 fully saturated rings. The molecule has 19 heavy (non-hydrogen) atoms. The molecule has 100 valence electrons. The summed E-state index contributed by atoms with van der Waals surface area (Å²) < 4.78 is 1.73. The number of hydrogen-bond acceptors (Lipinski definition) is 2. The Bertz CT molecular complexity index is 624. The lowest BCUT2D eigenvalue weighted by Gasteiger charge is -2.14. The monoisotopic (exact) mass is 258 g/mol. The van der Waals surface area contributed by atoms with E-state index in [1.54, 1.807) is 17.7 Å². The van der Waals surface area contributed by atoms with Gasteiger partial charge in [0.2, 0.25) is 0 Å². The van der Waals surface area contributed by atoms with Crippen molar-refractivity contribution in [1.29, 1.82) is 0 Å². The second-order valence-corrected chi connectivity index (χ2v) is 5.27. The van der Waals surface area contributed by atoms with Crippen LogP contribution in [-0.2, 0) is 13.6 Å². The lowest BCUT2D eigenvalue weighted by molar-refractivity contribution is 0.0687. The van der Waals surface area contributed by atoms with Crippen LogP contribution in [0.4, 0.5) is 0 Å². The van der Waals surface area contributed by atoms with Gasteiger partial charge in [0.25, 0.3) is 0 Å². The number of fused-ring (bicyclic) bond motifs is 1. The van der Waals surface area contributed by atoms with Crippen molar-refractivity contribution in [1.82, 2.24) is 9.47 Å². The lowest BCUT2D eigenvalue weighted by Crippen LogP contribution is -2.18. The number of aromatic carboxylic acids is 1. The molecular weight excluding hydrogens is 240 g/mol. The second-order valence-electron chi connectivity index (χ2n) is 5.27. The highest BCUT2D eigenvalue weighted by Crippen LogP contribution is 2.22. The number of carboxylic acid groups (broad SMARTS) is 1. The Hall–Kier alpha value is -1.81. The third-order valence-electron chi connectivity index (χ3n) is 3.93. The minimum Gasteiger partial charge on any atom is -0.477 e. The van der Waals surface area contributed by atoms with Crippen molar-refractivity contribution in [2.75, 3.05) is 13.1 Å². The number of carbonyl (C=O) groups is 1. The number of carboxylic acids is 1. The Balaban J connectivity index is 1.94. The van der Waals surface area contributed by atoms with Gasteiger partial charge in [-0.05, 0) is 49.7 Å². The van der Waals surface area contributed by atoms with Gasteiger partial charge in [0, 0.05) is 24.5 Å². The van der Waals surface area contributed by atoms with Crippen molar-refractivity contribution in [3.8, 4) is 0 Å². The number of likely N-dealkylation sites (tertiary alicyclic amines) is 1. The van der Waals surface area contributed by atoms with Crippen molar-refractivity contribution in [2.45, 2.75) is 19.4 Å². The summed E-state index contributed by atoms with van der Waals surface area (Å²) in [6.07, 6.45) is 2.58. The number of aromatic nitrogens is 1. The van der Waals surface area contributed by atoms with E-state index < -0.39 is 5.97 Å². The standard InChI is InChI=1S/C15H18N2O2/c1-16-13-5-4-11(10-17-6-2-3-7-17)8-12(13)9-14(16)15(18)19/h4-5,8-9H,2-3,6-7,10H2,1H3,(H,18,19). The van der Waals surface area contributed by atoms with Gasteiger partial charge in [-0.15, -0.1) is 0 Å². The molecule has 4 nitrogen and oxygen atoms in total. The maximum absolute atomic E-state index is 11.1. The number of aryl methyl sites for hydroxylation is 1. The maximum atomic E-state index is 11.1. The first kappa shape index (κ1) is 12.2. The fraction of sp³-hybridized carbons (Fsp3) is 0.400. The molecule has 4 heteroatoms. The predicted molar refractivity (Wildman–Crippen MR) is 74.4 cm³/mol. The minimum atomic E-state index is -0.875. The molecule has 2 aromatic rings. The van der Waals surface area contributed by atoms with E-state index in [1.165, 1.54) is 31.5 Å². The topological polar surface area (TPSA) is 45.5 Å². The van der Waals surface area contributed by atoms with Gasteiger partial charge in [-0.2, -0.15) is 0 Å². The highest BCUT2D eigenvalue weighted by Gasteiger charge is 2.14. The van der Waals surface area contributed by atoms with Gasteiger partial charge in [-0.3, -0.25) is 4.90 Å². The summed E-state index contributed by atoms with van der Waals surface area (Å²) in [6, 6.07) is 7.99. The SMILES string of the molecule is Cn1c(C(=O)O)cc2cc(CN3CCCC3)ccc21. The summed E-state index contributed by atoms with van der Waals surface area (Å²) in [6.45, 7) is 3.31. The lowest BCUT2D eigenvalue weighted by atomic mass is 10.1. The Morgan fingerprint density at radius 1 is 1.26 bits per heavy atom. The second kappa shape index (κ2) is 4.70. The van der Waals surface area contributed by atoms with Crippen molar-refractivity contribution in [2.24, 2.45) is 7.05 Å². The molecule has 1 saturated heterocycles. The van der Waals surface area contributed by atoms with E-state index in [0.717, 1.165) is 17.4 Å². The molecule has 1 aliphatic heterocycles. The first-order valence-corrected chi connectivity index (χ1v) is 6.69. The summed E-state index contributed by atoms with van der Waals surface area (Å²) >= 11 is 0. The van der Waals surface area contributed by atoms with Gasteiger partial charge >= 0.3 is 5.97 Å². The summed E-state index contributed by atoms with van der Waals surface area (Å²) in [5, 5.41) is 10.1. The zero-order valence-corrected chi connectivity index (χ0v) is 11.1. The third kappa shape index (κ3) is 2.24. The van der Waals surface area contributed by atoms with Gasteiger partial charge in [0.05, 0.1) is 0 Å². The number of rotatable bonds is 3. The smallest absolute Gasteiger partial charge is 0.352 e. The first-order chi connectivity index (χ1) is 9.15. The average molecular weight is 258 g/mol. The van der Waals surface area contributed by atoms with E-state index >= 15 is 0 Å². The molecule has 0 saturated carbocycles. The van der Waals surface area contributed by atoms with E-state index in [1.807, 2.05) is 6.07 Å². The minimum absolute atomic E-state index is 0.341. The van der Waals surface area contributed by atoms with Crippen molar-refractivity contribution in [3.05, 3.63) is 35.5 Å². The van der Waals surface area contributed by atoms with Crippen LogP contribution >= 0.6 is 0 Å². The fourth-order valence-electron chi connectivity index (χ4n) is 2.90. The van der Waals surface area contributed by atoms with E-state index in [4.69, 9.17) is 5.11 Å². The highest BCUT2D eigenvalue weighted by molar-refractivity contribution is 5.94. The molecule has 0 amide bonds. The fourth-order valence-corrected chi connectivity index (χ4v) is 2.90. The average Bonchev–Trinajstić information content (AvgIpc) is 2.98. The van der Waals surface area contributed by atoms with Gasteiger partial charge in [0.15, 0.2) is 0 Å². The number of benzene rings is 1. The van der Waals surface area contributed by atoms with Crippen LogP contribution in [0.3, 0.4) is 0 Å². The van der Waals surface area contributed by atoms with Crippen LogP contribution < -0.4 is 0 Å². The molecule has 1 aliphatic rings. The van der Waals surface area contributed by atoms with Crippen LogP contribution in [0.5, 0.6) is 0 Å². The van der Waals surface area contributed by atoms with E-state index in [-0.39, 0.29) is 0 Å². The normalized spacial score (nSPS) is 16.3. The summed E-state index contributed by atoms with van der Waals surface area (Å²) in [7, 11) is 1.80. The van der Waals surface area contributed by atoms with Crippen LogP contribution in [0.25, 0.3) is 10.9 Å². The van der Waals surface area contributed by atoms with Crippen LogP contribution in [0.1, 0.15) is 28.9 Å². The van der Waals surface area contributed by atoms with Crippen molar-refractivity contribution in [3.63, 3.8) is 0 Å². The largest absolute Gasteiger partial charge is 0.477 e. The summed E-state index contributed by atoms with van der Waals surface area (Å²) in [4.78, 5) is 13.6. The van der Waals surface area contributed by atoms with E-state index in [9.17, 15) is 4.79 Å². The molecule has 0 spiro atoms. The van der Waals surface area contributed by atoms with Gasteiger partial charge < -0.3 is 9.67 Å². The Kier molecular flexibility index (Phi) is 3.03. The molecule has 0 aliphatic carbocycles. The molecule has 0 atom stereocenters. The first-order valence-electron chi connectivity index (χ1n) is 6.69. The van der Waals surface area contributed by atoms with Gasteiger partial charge in [0.1, 0.15) is 5.69 Å². The highest BCUT2D eigenvalue weighted by atomic mass is 16.4. The Labute approximate surface area is 112 Å². The van der Waals surface area contributed by atoms with Crippen LogP contribution in [0.15, 0.2) is 24.3 Å². The molecule has 3 rings (SSSR count). The van der Waals surface area contributed by atoms with E-state index in [0.29, 0.717) is 5.69 Å². The molecule has 2 heterocycles. The van der Waals surface area contributed by atoms with Gasteiger partial charge in [-0.1, -0.05) is 6.07 Å². The number of hydrogen-bond donors (Lipinski definition) is 1. The van der Waals surface area contributed by atoms with Gasteiger partial charge in [-0.25, -0.2) is 4.79 Å². The molecule has 0 radical (unpaired) electrons. The quantitative estimate of drug-likeness (QED) is 0.920. The van der Waals surface area contributed by atoms with Crippen molar-refractivity contribution >= 4 is 16.9 Å². The zero-order valence-electron chi connectivity index (χ0n) is 11.1. The van der Waals surface area contributed by atoms with Crippen LogP contribution in [0.2, 0.25) is 0 Å².